The quantitative estimate of drug-likeness (QED) is 0.809. The number of nitrogens with one attached hydrogen (secondary N) is 1. The van der Waals surface area contributed by atoms with Crippen LogP contribution in [0.3, 0.4) is 0 Å². The molecule has 20 heavy (non-hydrogen) atoms. The number of carbonyl (C=O) groups excluding carboxylic acids is 1. The molecule has 114 valence electrons. The van der Waals surface area contributed by atoms with Crippen molar-refractivity contribution in [3.8, 4) is 0 Å². The zero-order valence-corrected chi connectivity index (χ0v) is 12.6. The second kappa shape index (κ2) is 6.00. The molecule has 2 atom stereocenters. The van der Waals surface area contributed by atoms with Crippen molar-refractivity contribution in [3.63, 3.8) is 0 Å². The first-order valence-corrected chi connectivity index (χ1v) is 8.00. The van der Waals surface area contributed by atoms with E-state index in [1.807, 2.05) is 4.90 Å². The van der Waals surface area contributed by atoms with Crippen LogP contribution in [0.2, 0.25) is 0 Å². The second-order valence-corrected chi connectivity index (χ2v) is 6.84. The Morgan fingerprint density at radius 1 is 1.35 bits per heavy atom. The van der Waals surface area contributed by atoms with Gasteiger partial charge in [0.1, 0.15) is 6.10 Å². The van der Waals surface area contributed by atoms with E-state index in [0.29, 0.717) is 5.41 Å². The molecule has 5 heteroatoms. The largest absolute Gasteiger partial charge is 0.368 e. The maximum Gasteiger partial charge on any atom is 0.251 e. The third-order valence-corrected chi connectivity index (χ3v) is 4.95. The van der Waals surface area contributed by atoms with Crippen LogP contribution in [0.5, 0.6) is 0 Å². The van der Waals surface area contributed by atoms with Gasteiger partial charge in [-0.15, -0.1) is 0 Å². The zero-order chi connectivity index (χ0) is 14.0. The Morgan fingerprint density at radius 2 is 2.15 bits per heavy atom. The van der Waals surface area contributed by atoms with E-state index in [1.165, 1.54) is 6.42 Å². The van der Waals surface area contributed by atoms with E-state index in [9.17, 15) is 4.79 Å². The van der Waals surface area contributed by atoms with Crippen molar-refractivity contribution in [1.82, 2.24) is 15.1 Å². The van der Waals surface area contributed by atoms with Crippen molar-refractivity contribution in [3.05, 3.63) is 0 Å². The Labute approximate surface area is 121 Å². The van der Waals surface area contributed by atoms with Gasteiger partial charge in [-0.3, -0.25) is 9.69 Å². The van der Waals surface area contributed by atoms with Gasteiger partial charge in [-0.1, -0.05) is 6.92 Å². The molecule has 3 aliphatic rings. The smallest absolute Gasteiger partial charge is 0.251 e. The molecule has 0 bridgehead atoms. The van der Waals surface area contributed by atoms with Gasteiger partial charge in [0.25, 0.3) is 5.91 Å². The summed E-state index contributed by atoms with van der Waals surface area (Å²) in [5.41, 5.74) is 0.417. The van der Waals surface area contributed by atoms with Gasteiger partial charge in [0.2, 0.25) is 0 Å². The van der Waals surface area contributed by atoms with Gasteiger partial charge in [-0.2, -0.15) is 0 Å². The predicted molar refractivity (Wildman–Crippen MR) is 77.6 cm³/mol. The molecule has 0 aromatic heterocycles. The Kier molecular flexibility index (Phi) is 4.29. The van der Waals surface area contributed by atoms with Crippen LogP contribution in [-0.4, -0.2) is 74.2 Å². The average molecular weight is 281 g/mol. The summed E-state index contributed by atoms with van der Waals surface area (Å²) >= 11 is 0. The lowest BCUT2D eigenvalue weighted by Gasteiger charge is -2.39. The van der Waals surface area contributed by atoms with Crippen molar-refractivity contribution in [1.29, 1.82) is 0 Å². The summed E-state index contributed by atoms with van der Waals surface area (Å²) in [6.07, 6.45) is 3.05. The van der Waals surface area contributed by atoms with Gasteiger partial charge in [-0.25, -0.2) is 0 Å². The molecule has 3 rings (SSSR count). The first-order valence-electron chi connectivity index (χ1n) is 8.00. The highest BCUT2D eigenvalue weighted by Gasteiger charge is 2.34. The van der Waals surface area contributed by atoms with Gasteiger partial charge in [0.15, 0.2) is 0 Å². The molecule has 3 saturated heterocycles. The Balaban J connectivity index is 1.45. The summed E-state index contributed by atoms with van der Waals surface area (Å²) in [5.74, 6) is 0.218. The number of carbonyl (C=O) groups is 1. The van der Waals surface area contributed by atoms with Crippen molar-refractivity contribution >= 4 is 5.91 Å². The number of amides is 1. The van der Waals surface area contributed by atoms with E-state index in [1.54, 1.807) is 0 Å². The number of nitrogens with zero attached hydrogens (tertiary/aromatic N) is 2. The van der Waals surface area contributed by atoms with E-state index < -0.39 is 0 Å². The van der Waals surface area contributed by atoms with Crippen LogP contribution in [0.15, 0.2) is 0 Å². The summed E-state index contributed by atoms with van der Waals surface area (Å²) in [4.78, 5) is 16.8. The Hall–Kier alpha value is -0.650. The van der Waals surface area contributed by atoms with E-state index in [-0.39, 0.29) is 12.0 Å². The second-order valence-electron chi connectivity index (χ2n) is 6.84. The van der Waals surface area contributed by atoms with E-state index in [2.05, 4.69) is 17.1 Å². The standard InChI is InChI=1S/C15H27N3O2/c1-15(4-5-16-11-15)12-17-6-8-18(9-7-17)14(19)13-3-2-10-20-13/h13,16H,2-12H2,1H3. The van der Waals surface area contributed by atoms with Crippen LogP contribution in [0.25, 0.3) is 0 Å². The summed E-state index contributed by atoms with van der Waals surface area (Å²) in [6, 6.07) is 0. The maximum absolute atomic E-state index is 12.3. The number of hydrogen-bond acceptors (Lipinski definition) is 4. The molecule has 0 spiro atoms. The van der Waals surface area contributed by atoms with Crippen LogP contribution >= 0.6 is 0 Å². The number of ether oxygens (including phenoxy) is 1. The van der Waals surface area contributed by atoms with Gasteiger partial charge in [0.05, 0.1) is 0 Å². The predicted octanol–water partition coefficient (Wildman–Crippen LogP) is 0.309. The molecule has 3 fully saturated rings. The van der Waals surface area contributed by atoms with Crippen LogP contribution in [0.4, 0.5) is 0 Å². The van der Waals surface area contributed by atoms with Crippen LogP contribution in [-0.2, 0) is 9.53 Å². The van der Waals surface area contributed by atoms with E-state index in [0.717, 1.165) is 65.3 Å². The average Bonchev–Trinajstić information content (AvgIpc) is 3.10. The molecule has 5 nitrogen and oxygen atoms in total. The number of piperazine rings is 1. The molecule has 1 amide bonds. The minimum Gasteiger partial charge on any atom is -0.368 e. The highest BCUT2D eigenvalue weighted by molar-refractivity contribution is 5.81. The van der Waals surface area contributed by atoms with E-state index in [4.69, 9.17) is 4.74 Å². The fourth-order valence-electron chi connectivity index (χ4n) is 3.65. The molecule has 0 aromatic rings. The third-order valence-electron chi connectivity index (χ3n) is 4.95. The van der Waals surface area contributed by atoms with Crippen molar-refractivity contribution in [2.24, 2.45) is 5.41 Å². The topological polar surface area (TPSA) is 44.8 Å². The molecule has 1 N–H and O–H groups in total. The van der Waals surface area contributed by atoms with Crippen molar-refractivity contribution in [2.75, 3.05) is 52.4 Å². The van der Waals surface area contributed by atoms with Gasteiger partial charge in [-0.05, 0) is 31.2 Å². The molecule has 3 heterocycles. The maximum atomic E-state index is 12.3. The lowest BCUT2D eigenvalue weighted by atomic mass is 9.89. The lowest BCUT2D eigenvalue weighted by molar-refractivity contribution is -0.142. The first kappa shape index (κ1) is 14.3. The summed E-state index contributed by atoms with van der Waals surface area (Å²) in [6.45, 7) is 10.3. The van der Waals surface area contributed by atoms with Crippen LogP contribution in [0, 0.1) is 5.41 Å². The zero-order valence-electron chi connectivity index (χ0n) is 12.6. The molecule has 0 saturated carbocycles. The van der Waals surface area contributed by atoms with Gasteiger partial charge >= 0.3 is 0 Å². The third kappa shape index (κ3) is 3.15. The number of rotatable bonds is 3. The van der Waals surface area contributed by atoms with E-state index >= 15 is 0 Å². The molecule has 0 aromatic carbocycles. The minimum atomic E-state index is -0.155. The SMILES string of the molecule is CC1(CN2CCN(C(=O)C3CCCO3)CC2)CCNC1. The summed E-state index contributed by atoms with van der Waals surface area (Å²) < 4.78 is 5.51. The number of hydrogen-bond donors (Lipinski definition) is 1. The molecular weight excluding hydrogens is 254 g/mol. The van der Waals surface area contributed by atoms with Crippen molar-refractivity contribution < 1.29 is 9.53 Å². The molecule has 0 aliphatic carbocycles. The monoisotopic (exact) mass is 281 g/mol. The fraction of sp³-hybridized carbons (Fsp3) is 0.933. The van der Waals surface area contributed by atoms with Gasteiger partial charge in [0, 0.05) is 45.9 Å². The highest BCUT2D eigenvalue weighted by Crippen LogP contribution is 2.26. The molecule has 0 radical (unpaired) electrons. The Bertz CT molecular complexity index is 341. The molecular formula is C15H27N3O2. The normalized spacial score (nSPS) is 35.6. The molecule has 3 aliphatic heterocycles. The molecule has 2 unspecified atom stereocenters. The van der Waals surface area contributed by atoms with Crippen LogP contribution in [0.1, 0.15) is 26.2 Å². The fourth-order valence-corrected chi connectivity index (χ4v) is 3.65. The van der Waals surface area contributed by atoms with Crippen molar-refractivity contribution in [2.45, 2.75) is 32.3 Å². The lowest BCUT2D eigenvalue weighted by Crippen LogP contribution is -2.53. The Morgan fingerprint density at radius 3 is 2.75 bits per heavy atom. The highest BCUT2D eigenvalue weighted by atomic mass is 16.5. The summed E-state index contributed by atoms with van der Waals surface area (Å²) in [7, 11) is 0. The first-order chi connectivity index (χ1) is 9.66. The van der Waals surface area contributed by atoms with Gasteiger partial charge < -0.3 is 15.0 Å². The summed E-state index contributed by atoms with van der Waals surface area (Å²) in [5, 5.41) is 3.46. The van der Waals surface area contributed by atoms with Crippen LogP contribution < -0.4 is 5.32 Å². The minimum absolute atomic E-state index is 0.155.